The summed E-state index contributed by atoms with van der Waals surface area (Å²) in [5.74, 6) is 0.357. The molecule has 1 amide bonds. The van der Waals surface area contributed by atoms with Gasteiger partial charge in [0.25, 0.3) is 0 Å². The molecule has 20 heavy (non-hydrogen) atoms. The SMILES string of the molecule is Cl.N[C@@H](Cc1ccccc1)C(=O)NCC1CCCOC1. The summed E-state index contributed by atoms with van der Waals surface area (Å²) in [5.41, 5.74) is 7.01. The average Bonchev–Trinajstić information content (AvgIpc) is 2.47. The molecule has 1 heterocycles. The molecular weight excluding hydrogens is 276 g/mol. The van der Waals surface area contributed by atoms with Gasteiger partial charge in [-0.2, -0.15) is 0 Å². The van der Waals surface area contributed by atoms with E-state index in [0.29, 0.717) is 18.9 Å². The van der Waals surface area contributed by atoms with E-state index in [1.165, 1.54) is 0 Å². The lowest BCUT2D eigenvalue weighted by molar-refractivity contribution is -0.122. The lowest BCUT2D eigenvalue weighted by atomic mass is 10.0. The quantitative estimate of drug-likeness (QED) is 0.866. The minimum absolute atomic E-state index is 0. The van der Waals surface area contributed by atoms with Gasteiger partial charge in [0.2, 0.25) is 5.91 Å². The largest absolute Gasteiger partial charge is 0.381 e. The fraction of sp³-hybridized carbons (Fsp3) is 0.533. The second-order valence-electron chi connectivity index (χ2n) is 5.12. The van der Waals surface area contributed by atoms with Gasteiger partial charge in [0.15, 0.2) is 0 Å². The molecule has 0 aliphatic carbocycles. The molecule has 2 atom stereocenters. The zero-order chi connectivity index (χ0) is 13.5. The van der Waals surface area contributed by atoms with E-state index in [-0.39, 0.29) is 18.3 Å². The maximum Gasteiger partial charge on any atom is 0.237 e. The molecule has 1 aliphatic heterocycles. The predicted molar refractivity (Wildman–Crippen MR) is 81.9 cm³/mol. The van der Waals surface area contributed by atoms with Crippen LogP contribution in [0.3, 0.4) is 0 Å². The zero-order valence-corrected chi connectivity index (χ0v) is 12.4. The van der Waals surface area contributed by atoms with E-state index < -0.39 is 6.04 Å². The van der Waals surface area contributed by atoms with Crippen molar-refractivity contribution in [2.75, 3.05) is 19.8 Å². The van der Waals surface area contributed by atoms with Crippen molar-refractivity contribution in [3.63, 3.8) is 0 Å². The number of hydrogen-bond acceptors (Lipinski definition) is 3. The van der Waals surface area contributed by atoms with E-state index in [1.807, 2.05) is 30.3 Å². The Morgan fingerprint density at radius 3 is 2.80 bits per heavy atom. The van der Waals surface area contributed by atoms with Crippen LogP contribution in [-0.2, 0) is 16.0 Å². The van der Waals surface area contributed by atoms with Gasteiger partial charge in [-0.1, -0.05) is 30.3 Å². The van der Waals surface area contributed by atoms with E-state index in [9.17, 15) is 4.79 Å². The Morgan fingerprint density at radius 2 is 2.15 bits per heavy atom. The van der Waals surface area contributed by atoms with E-state index in [2.05, 4.69) is 5.32 Å². The first kappa shape index (κ1) is 17.0. The second-order valence-corrected chi connectivity index (χ2v) is 5.12. The normalized spacial score (nSPS) is 19.8. The summed E-state index contributed by atoms with van der Waals surface area (Å²) in [6.45, 7) is 2.26. The summed E-state index contributed by atoms with van der Waals surface area (Å²) in [6, 6.07) is 9.37. The van der Waals surface area contributed by atoms with Crippen molar-refractivity contribution in [3.8, 4) is 0 Å². The number of halogens is 1. The Hall–Kier alpha value is -1.10. The summed E-state index contributed by atoms with van der Waals surface area (Å²) < 4.78 is 5.39. The van der Waals surface area contributed by atoms with Crippen molar-refractivity contribution >= 4 is 18.3 Å². The third kappa shape index (κ3) is 5.49. The van der Waals surface area contributed by atoms with Gasteiger partial charge in [0, 0.05) is 13.2 Å². The van der Waals surface area contributed by atoms with Gasteiger partial charge in [-0.25, -0.2) is 0 Å². The van der Waals surface area contributed by atoms with Gasteiger partial charge in [-0.15, -0.1) is 12.4 Å². The van der Waals surface area contributed by atoms with Crippen LogP contribution in [0.25, 0.3) is 0 Å². The molecule has 1 aliphatic rings. The van der Waals surface area contributed by atoms with Crippen LogP contribution >= 0.6 is 12.4 Å². The number of rotatable bonds is 5. The highest BCUT2D eigenvalue weighted by atomic mass is 35.5. The number of amides is 1. The summed E-state index contributed by atoms with van der Waals surface area (Å²) in [5, 5.41) is 2.93. The number of benzene rings is 1. The molecule has 0 radical (unpaired) electrons. The summed E-state index contributed by atoms with van der Waals surface area (Å²) in [7, 11) is 0. The van der Waals surface area contributed by atoms with Crippen molar-refractivity contribution < 1.29 is 9.53 Å². The van der Waals surface area contributed by atoms with Gasteiger partial charge in [0.1, 0.15) is 0 Å². The third-order valence-corrected chi connectivity index (χ3v) is 3.45. The summed E-state index contributed by atoms with van der Waals surface area (Å²) in [6.07, 6.45) is 2.78. The van der Waals surface area contributed by atoms with Crippen LogP contribution in [0.4, 0.5) is 0 Å². The van der Waals surface area contributed by atoms with Crippen LogP contribution in [0.2, 0.25) is 0 Å². The molecule has 3 N–H and O–H groups in total. The minimum Gasteiger partial charge on any atom is -0.381 e. The van der Waals surface area contributed by atoms with Crippen LogP contribution in [0.1, 0.15) is 18.4 Å². The summed E-state index contributed by atoms with van der Waals surface area (Å²) in [4.78, 5) is 11.9. The number of carbonyl (C=O) groups is 1. The molecular formula is C15H23ClN2O2. The van der Waals surface area contributed by atoms with Crippen LogP contribution in [0.5, 0.6) is 0 Å². The van der Waals surface area contributed by atoms with Crippen molar-refractivity contribution in [3.05, 3.63) is 35.9 Å². The van der Waals surface area contributed by atoms with Gasteiger partial charge >= 0.3 is 0 Å². The molecule has 4 nitrogen and oxygen atoms in total. The predicted octanol–water partition coefficient (Wildman–Crippen LogP) is 1.52. The van der Waals surface area contributed by atoms with Gasteiger partial charge in [-0.3, -0.25) is 4.79 Å². The van der Waals surface area contributed by atoms with Gasteiger partial charge < -0.3 is 15.8 Å². The fourth-order valence-electron chi connectivity index (χ4n) is 2.31. The van der Waals surface area contributed by atoms with E-state index in [1.54, 1.807) is 0 Å². The van der Waals surface area contributed by atoms with Crippen LogP contribution in [0.15, 0.2) is 30.3 Å². The molecule has 0 bridgehead atoms. The number of hydrogen-bond donors (Lipinski definition) is 2. The lowest BCUT2D eigenvalue weighted by Gasteiger charge is -2.23. The molecule has 1 saturated heterocycles. The standard InChI is InChI=1S/C15H22N2O2.ClH/c16-14(9-12-5-2-1-3-6-12)15(18)17-10-13-7-4-8-19-11-13;/h1-3,5-6,13-14H,4,7-11,16H2,(H,17,18);1H/t13?,14-;/m0./s1. The van der Waals surface area contributed by atoms with E-state index in [4.69, 9.17) is 10.5 Å². The molecule has 0 spiro atoms. The molecule has 5 heteroatoms. The maximum absolute atomic E-state index is 11.9. The van der Waals surface area contributed by atoms with Crippen molar-refractivity contribution in [1.82, 2.24) is 5.32 Å². The van der Waals surface area contributed by atoms with E-state index >= 15 is 0 Å². The van der Waals surface area contributed by atoms with Crippen molar-refractivity contribution in [2.45, 2.75) is 25.3 Å². The highest BCUT2D eigenvalue weighted by Gasteiger charge is 2.18. The Bertz CT molecular complexity index is 394. The first-order valence-corrected chi connectivity index (χ1v) is 6.90. The smallest absolute Gasteiger partial charge is 0.237 e. The Balaban J connectivity index is 0.00000200. The Labute approximate surface area is 126 Å². The van der Waals surface area contributed by atoms with Crippen molar-refractivity contribution in [2.24, 2.45) is 11.7 Å². The maximum atomic E-state index is 11.9. The number of nitrogens with one attached hydrogen (secondary N) is 1. The molecule has 1 fully saturated rings. The number of nitrogens with two attached hydrogens (primary N) is 1. The molecule has 0 aromatic heterocycles. The summed E-state index contributed by atoms with van der Waals surface area (Å²) >= 11 is 0. The topological polar surface area (TPSA) is 64.4 Å². The Kier molecular flexibility index (Phi) is 7.59. The monoisotopic (exact) mass is 298 g/mol. The highest BCUT2D eigenvalue weighted by Crippen LogP contribution is 2.12. The molecule has 1 aromatic carbocycles. The Morgan fingerprint density at radius 1 is 1.40 bits per heavy atom. The number of carbonyl (C=O) groups excluding carboxylic acids is 1. The second kappa shape index (κ2) is 8.95. The first-order chi connectivity index (χ1) is 9.25. The molecule has 2 rings (SSSR count). The number of ether oxygens (including phenoxy) is 1. The van der Waals surface area contributed by atoms with E-state index in [0.717, 1.165) is 31.6 Å². The lowest BCUT2D eigenvalue weighted by Crippen LogP contribution is -2.44. The van der Waals surface area contributed by atoms with Crippen LogP contribution < -0.4 is 11.1 Å². The average molecular weight is 299 g/mol. The van der Waals surface area contributed by atoms with Crippen LogP contribution in [-0.4, -0.2) is 31.7 Å². The fourth-order valence-corrected chi connectivity index (χ4v) is 2.31. The molecule has 1 unspecified atom stereocenters. The van der Waals surface area contributed by atoms with Gasteiger partial charge in [0.05, 0.1) is 12.6 Å². The molecule has 1 aromatic rings. The first-order valence-electron chi connectivity index (χ1n) is 6.90. The zero-order valence-electron chi connectivity index (χ0n) is 11.6. The van der Waals surface area contributed by atoms with Crippen LogP contribution in [0, 0.1) is 5.92 Å². The molecule has 0 saturated carbocycles. The molecule has 112 valence electrons. The third-order valence-electron chi connectivity index (χ3n) is 3.45. The van der Waals surface area contributed by atoms with Gasteiger partial charge in [-0.05, 0) is 30.7 Å². The minimum atomic E-state index is -0.480. The van der Waals surface area contributed by atoms with Crippen molar-refractivity contribution in [1.29, 1.82) is 0 Å². The highest BCUT2D eigenvalue weighted by molar-refractivity contribution is 5.85.